The quantitative estimate of drug-likeness (QED) is 0.135. The molecule has 0 N–H and O–H groups in total. The Morgan fingerprint density at radius 1 is 0.826 bits per heavy atom. The van der Waals surface area contributed by atoms with E-state index in [4.69, 9.17) is 14.2 Å². The molecule has 0 aromatic heterocycles. The highest BCUT2D eigenvalue weighted by atomic mass is 16.7. The summed E-state index contributed by atoms with van der Waals surface area (Å²) in [4.78, 5) is 66.2. The van der Waals surface area contributed by atoms with Gasteiger partial charge in [0.05, 0.1) is 5.41 Å². The summed E-state index contributed by atoms with van der Waals surface area (Å²) in [6.07, 6.45) is 6.28. The first-order valence-corrected chi connectivity index (χ1v) is 17.5. The monoisotopic (exact) mass is 640 g/mol. The van der Waals surface area contributed by atoms with Gasteiger partial charge >= 0.3 is 17.9 Å². The molecule has 0 unspecified atom stereocenters. The lowest BCUT2D eigenvalue weighted by atomic mass is 9.33. The molecule has 256 valence electrons. The van der Waals surface area contributed by atoms with E-state index in [1.165, 1.54) is 6.92 Å². The van der Waals surface area contributed by atoms with Crippen molar-refractivity contribution in [2.75, 3.05) is 6.79 Å². The normalized spacial score (nSPS) is 40.0. The fourth-order valence-corrected chi connectivity index (χ4v) is 11.6. The molecule has 8 heteroatoms. The predicted octanol–water partition coefficient (Wildman–Crippen LogP) is 7.17. The summed E-state index contributed by atoms with van der Waals surface area (Å²) in [5.41, 5.74) is -1.72. The predicted molar refractivity (Wildman–Crippen MR) is 172 cm³/mol. The van der Waals surface area contributed by atoms with Gasteiger partial charge in [0.15, 0.2) is 5.41 Å². The summed E-state index contributed by atoms with van der Waals surface area (Å²) in [7, 11) is 0. The van der Waals surface area contributed by atoms with E-state index in [2.05, 4.69) is 34.6 Å². The topological polar surface area (TPSA) is 113 Å². The molecule has 0 aliphatic heterocycles. The smallest absolute Gasteiger partial charge is 0.327 e. The van der Waals surface area contributed by atoms with Crippen LogP contribution in [0.5, 0.6) is 0 Å². The second kappa shape index (κ2) is 11.0. The van der Waals surface area contributed by atoms with Crippen molar-refractivity contribution >= 4 is 29.5 Å². The van der Waals surface area contributed by atoms with Crippen molar-refractivity contribution in [2.45, 2.75) is 134 Å². The number of fused-ring (bicyclic) bond motifs is 7. The number of rotatable bonds is 5. The Labute approximate surface area is 275 Å². The van der Waals surface area contributed by atoms with Crippen LogP contribution in [0.2, 0.25) is 0 Å². The highest BCUT2D eigenvalue weighted by Gasteiger charge is 2.73. The fraction of sp³-hybridized carbons (Fsp3) is 0.816. The third kappa shape index (κ3) is 4.69. The molecule has 5 rings (SSSR count). The Balaban J connectivity index is 1.52. The van der Waals surface area contributed by atoms with Crippen molar-refractivity contribution in [2.24, 2.45) is 56.2 Å². The van der Waals surface area contributed by atoms with Crippen molar-refractivity contribution < 1.29 is 38.2 Å². The first-order chi connectivity index (χ1) is 21.1. The minimum atomic E-state index is -1.66. The average molecular weight is 641 g/mol. The first-order valence-electron chi connectivity index (χ1n) is 17.5. The van der Waals surface area contributed by atoms with Crippen LogP contribution in [0, 0.1) is 56.2 Å². The molecule has 5 aliphatic carbocycles. The van der Waals surface area contributed by atoms with Gasteiger partial charge in [-0.25, -0.2) is 0 Å². The molecule has 8 nitrogen and oxygen atoms in total. The minimum absolute atomic E-state index is 0.0437. The van der Waals surface area contributed by atoms with Crippen molar-refractivity contribution in [1.82, 2.24) is 0 Å². The van der Waals surface area contributed by atoms with Gasteiger partial charge in [0, 0.05) is 17.9 Å². The van der Waals surface area contributed by atoms with E-state index in [1.807, 2.05) is 13.8 Å². The van der Waals surface area contributed by atoms with Crippen molar-refractivity contribution in [1.29, 1.82) is 0 Å². The van der Waals surface area contributed by atoms with E-state index in [9.17, 15) is 24.0 Å². The van der Waals surface area contributed by atoms with Crippen LogP contribution in [-0.4, -0.2) is 42.4 Å². The van der Waals surface area contributed by atoms with Crippen molar-refractivity contribution in [3.63, 3.8) is 0 Å². The van der Waals surface area contributed by atoms with Crippen LogP contribution in [0.15, 0.2) is 11.1 Å². The van der Waals surface area contributed by atoms with Gasteiger partial charge < -0.3 is 14.2 Å². The zero-order valence-electron chi connectivity index (χ0n) is 30.0. The summed E-state index contributed by atoms with van der Waals surface area (Å²) >= 11 is 0. The molecule has 0 aromatic carbocycles. The maximum Gasteiger partial charge on any atom is 0.327 e. The van der Waals surface area contributed by atoms with Crippen LogP contribution >= 0.6 is 0 Å². The Morgan fingerprint density at radius 3 is 2.07 bits per heavy atom. The van der Waals surface area contributed by atoms with E-state index >= 15 is 0 Å². The lowest BCUT2D eigenvalue weighted by molar-refractivity contribution is -0.233. The molecule has 0 aromatic rings. The highest BCUT2D eigenvalue weighted by molar-refractivity contribution is 6.52. The number of allylic oxidation sites excluding steroid dienone is 1. The van der Waals surface area contributed by atoms with Gasteiger partial charge in [-0.15, -0.1) is 0 Å². The second-order valence-corrected chi connectivity index (χ2v) is 17.8. The molecule has 4 fully saturated rings. The van der Waals surface area contributed by atoms with Gasteiger partial charge in [-0.3, -0.25) is 24.0 Å². The van der Waals surface area contributed by atoms with Crippen molar-refractivity contribution in [3.05, 3.63) is 11.1 Å². The molecule has 0 radical (unpaired) electrons. The summed E-state index contributed by atoms with van der Waals surface area (Å²) in [5, 5.41) is 0. The Hall–Kier alpha value is -2.51. The molecular formula is C38H56O8. The van der Waals surface area contributed by atoms with Crippen LogP contribution in [-0.2, 0) is 38.2 Å². The molecule has 0 bridgehead atoms. The Morgan fingerprint density at radius 2 is 1.48 bits per heavy atom. The fourth-order valence-electron chi connectivity index (χ4n) is 11.6. The minimum Gasteiger partial charge on any atom is -0.462 e. The highest BCUT2D eigenvalue weighted by Crippen LogP contribution is 2.76. The van der Waals surface area contributed by atoms with Crippen molar-refractivity contribution in [3.8, 4) is 0 Å². The zero-order chi connectivity index (χ0) is 34.4. The summed E-state index contributed by atoms with van der Waals surface area (Å²) in [5.74, 6) is -2.30. The van der Waals surface area contributed by atoms with Gasteiger partial charge in [-0.2, -0.15) is 0 Å². The van der Waals surface area contributed by atoms with E-state index in [-0.39, 0.29) is 52.0 Å². The van der Waals surface area contributed by atoms with Gasteiger partial charge in [-0.05, 0) is 118 Å². The number of esters is 3. The third-order valence-electron chi connectivity index (χ3n) is 14.0. The van der Waals surface area contributed by atoms with E-state index in [1.54, 1.807) is 20.8 Å². The van der Waals surface area contributed by atoms with E-state index < -0.39 is 41.1 Å². The van der Waals surface area contributed by atoms with Crippen LogP contribution in [0.3, 0.4) is 0 Å². The van der Waals surface area contributed by atoms with Gasteiger partial charge in [0.2, 0.25) is 18.4 Å². The lowest BCUT2D eigenvalue weighted by Crippen LogP contribution is -2.66. The average Bonchev–Trinajstić information content (AvgIpc) is 3.17. The number of carbonyl (C=O) groups is 5. The Bertz CT molecular complexity index is 1380. The van der Waals surface area contributed by atoms with Crippen LogP contribution in [0.25, 0.3) is 0 Å². The summed E-state index contributed by atoms with van der Waals surface area (Å²) < 4.78 is 16.7. The molecule has 5 aliphatic rings. The van der Waals surface area contributed by atoms with Gasteiger partial charge in [0.25, 0.3) is 0 Å². The standard InChI is InChI=1S/C38H56O8/c1-21(2)27-28-23-12-13-25-35(9)16-15-26(46-22(3)39)34(7,8)24(35)14-17-37(25,11)36(23,10)18-19-38(28,30(41)29(27)40)32(43)45-20-44-31(42)33(4,5)6/h21,23-26H,12-20H2,1-11H3/t23-,24+,25-,26+,35+,36-,37-,38+/m1/s1. The SMILES string of the molecule is CC(=O)O[C@H]1CC[C@]2(C)[C@H]3CC[C@@H]4C5=C(C(C)C)C(=O)C(=O)[C@]5(C(=O)OCOC(=O)C(C)(C)C)CC[C@@]4(C)[C@]3(C)CC[C@H]2C1(C)C. The molecular weight excluding hydrogens is 584 g/mol. The molecule has 4 saturated carbocycles. The van der Waals surface area contributed by atoms with Crippen LogP contribution in [0.1, 0.15) is 128 Å². The van der Waals surface area contributed by atoms with Crippen LogP contribution in [0.4, 0.5) is 0 Å². The molecule has 0 amide bonds. The molecule has 0 heterocycles. The Kier molecular flexibility index (Phi) is 8.34. The summed E-state index contributed by atoms with van der Waals surface area (Å²) in [6, 6.07) is 0. The van der Waals surface area contributed by atoms with Crippen LogP contribution < -0.4 is 0 Å². The molecule has 0 spiro atoms. The number of carbonyl (C=O) groups excluding carboxylic acids is 5. The maximum atomic E-state index is 14.1. The van der Waals surface area contributed by atoms with Gasteiger partial charge in [-0.1, -0.05) is 48.5 Å². The molecule has 8 atom stereocenters. The largest absolute Gasteiger partial charge is 0.462 e. The second-order valence-electron chi connectivity index (χ2n) is 17.8. The molecule has 46 heavy (non-hydrogen) atoms. The number of hydrogen-bond acceptors (Lipinski definition) is 8. The third-order valence-corrected chi connectivity index (χ3v) is 14.0. The van der Waals surface area contributed by atoms with Gasteiger partial charge in [0.1, 0.15) is 6.10 Å². The lowest BCUT2D eigenvalue weighted by Gasteiger charge is -2.71. The number of hydrogen-bond donors (Lipinski definition) is 0. The maximum absolute atomic E-state index is 14.1. The van der Waals surface area contributed by atoms with E-state index in [0.717, 1.165) is 38.5 Å². The summed E-state index contributed by atoms with van der Waals surface area (Å²) in [6.45, 7) is 21.7. The number of ketones is 2. The van der Waals surface area contributed by atoms with E-state index in [0.29, 0.717) is 29.4 Å². The number of ether oxygens (including phenoxy) is 3. The molecule has 0 saturated heterocycles. The first kappa shape index (κ1) is 34.8. The zero-order valence-corrected chi connectivity index (χ0v) is 30.0. The number of Topliss-reactive ketones (excluding diaryl/α,β-unsaturated/α-hetero) is 2.